The van der Waals surface area contributed by atoms with Gasteiger partial charge in [-0.2, -0.15) is 0 Å². The molecule has 0 spiro atoms. The number of aromatic nitrogens is 1. The van der Waals surface area contributed by atoms with Crippen LogP contribution in [0, 0.1) is 10.1 Å². The van der Waals surface area contributed by atoms with Crippen LogP contribution in [-0.2, 0) is 9.53 Å². The Morgan fingerprint density at radius 1 is 0.880 bits per heavy atom. The van der Waals surface area contributed by atoms with Crippen LogP contribution >= 0.6 is 11.3 Å². The minimum atomic E-state index is -0.837. The zero-order chi connectivity index (χ0) is 34.8. The molecule has 6 aromatic rings. The number of fused-ring (bicyclic) bond motifs is 2. The fourth-order valence-corrected chi connectivity index (χ4v) is 6.90. The molecule has 1 atom stereocenters. The first-order chi connectivity index (χ1) is 24.3. The van der Waals surface area contributed by atoms with Crippen LogP contribution in [0.4, 0.5) is 5.69 Å². The van der Waals surface area contributed by atoms with Crippen molar-refractivity contribution >= 4 is 51.5 Å². The molecule has 0 fully saturated rings. The molecule has 5 aromatic carbocycles. The van der Waals surface area contributed by atoms with Gasteiger partial charge in [0.1, 0.15) is 5.75 Å². The van der Waals surface area contributed by atoms with Crippen molar-refractivity contribution in [1.29, 1.82) is 0 Å². The first-order valence-corrected chi connectivity index (χ1v) is 16.5. The molecule has 1 aliphatic heterocycles. The summed E-state index contributed by atoms with van der Waals surface area (Å²) in [5.74, 6) is -1.11. The van der Waals surface area contributed by atoms with Crippen LogP contribution in [0.25, 0.3) is 22.5 Å². The number of carbonyl (C=O) groups excluding carboxylic acids is 2. The van der Waals surface area contributed by atoms with Gasteiger partial charge in [0.25, 0.3) is 11.2 Å². The van der Waals surface area contributed by atoms with Gasteiger partial charge in [0.2, 0.25) is 0 Å². The molecular weight excluding hydrogens is 655 g/mol. The van der Waals surface area contributed by atoms with Crippen molar-refractivity contribution in [3.05, 3.63) is 179 Å². The lowest BCUT2D eigenvalue weighted by Crippen LogP contribution is -2.40. The summed E-state index contributed by atoms with van der Waals surface area (Å²) in [6.07, 6.45) is 1.67. The van der Waals surface area contributed by atoms with Crippen molar-refractivity contribution in [1.82, 2.24) is 4.57 Å². The predicted octanol–water partition coefficient (Wildman–Crippen LogP) is 6.22. The quantitative estimate of drug-likeness (QED) is 0.0808. The first-order valence-electron chi connectivity index (χ1n) is 15.7. The van der Waals surface area contributed by atoms with E-state index in [0.717, 1.165) is 22.1 Å². The molecule has 0 saturated carbocycles. The van der Waals surface area contributed by atoms with Gasteiger partial charge < -0.3 is 9.47 Å². The summed E-state index contributed by atoms with van der Waals surface area (Å²) in [6.45, 7) is 1.86. The molecule has 0 bridgehead atoms. The molecule has 0 radical (unpaired) electrons. The Bertz CT molecular complexity index is 2510. The molecule has 0 saturated heterocycles. The average Bonchev–Trinajstić information content (AvgIpc) is 3.46. The number of non-ortho nitro benzene ring substituents is 1. The fraction of sp³-hybridized carbons (Fsp3) is 0.0769. The number of hydrogen-bond acceptors (Lipinski definition) is 9. The Balaban J connectivity index is 1.43. The third-order valence-electron chi connectivity index (χ3n) is 8.21. The van der Waals surface area contributed by atoms with Crippen molar-refractivity contribution in [2.24, 2.45) is 4.99 Å². The number of esters is 2. The Hall–Kier alpha value is -6.46. The highest BCUT2D eigenvalue weighted by atomic mass is 32.1. The molecule has 0 aliphatic carbocycles. The van der Waals surface area contributed by atoms with E-state index < -0.39 is 28.5 Å². The molecule has 1 aliphatic rings. The molecule has 10 nitrogen and oxygen atoms in total. The SMILES string of the molecule is CCOC(=O)C1=C(c2ccccc2)N=c2s/c(=C\c3c(OC(=O)c4ccc([N+](=O)[O-])cc4)ccc4ccccc34)c(=O)n2[C@@H]1c1ccccc1. The normalized spacial score (nSPS) is 14.2. The summed E-state index contributed by atoms with van der Waals surface area (Å²) in [6, 6.07) is 33.8. The second kappa shape index (κ2) is 13.6. The summed E-state index contributed by atoms with van der Waals surface area (Å²) in [4.78, 5) is 57.3. The van der Waals surface area contributed by atoms with Gasteiger partial charge in [0, 0.05) is 23.3 Å². The van der Waals surface area contributed by atoms with E-state index in [9.17, 15) is 24.5 Å². The van der Waals surface area contributed by atoms with Gasteiger partial charge in [-0.25, -0.2) is 14.6 Å². The molecule has 0 amide bonds. The van der Waals surface area contributed by atoms with Crippen molar-refractivity contribution < 1.29 is 24.0 Å². The van der Waals surface area contributed by atoms with Gasteiger partial charge in [-0.3, -0.25) is 19.5 Å². The van der Waals surface area contributed by atoms with E-state index in [-0.39, 0.29) is 29.2 Å². The van der Waals surface area contributed by atoms with Gasteiger partial charge in [-0.15, -0.1) is 0 Å². The Morgan fingerprint density at radius 3 is 2.26 bits per heavy atom. The minimum absolute atomic E-state index is 0.122. The molecule has 50 heavy (non-hydrogen) atoms. The average molecular weight is 682 g/mol. The second-order valence-corrected chi connectivity index (χ2v) is 12.2. The molecular formula is C39H27N3O7S. The van der Waals surface area contributed by atoms with Crippen molar-refractivity contribution in [3.63, 3.8) is 0 Å². The van der Waals surface area contributed by atoms with Crippen LogP contribution in [0.15, 0.2) is 137 Å². The summed E-state index contributed by atoms with van der Waals surface area (Å²) in [5, 5.41) is 12.7. The lowest BCUT2D eigenvalue weighted by molar-refractivity contribution is -0.384. The van der Waals surface area contributed by atoms with Gasteiger partial charge in [-0.05, 0) is 47.5 Å². The second-order valence-electron chi connectivity index (χ2n) is 11.2. The van der Waals surface area contributed by atoms with E-state index in [2.05, 4.69) is 0 Å². The first kappa shape index (κ1) is 32.1. The smallest absolute Gasteiger partial charge is 0.343 e. The Morgan fingerprint density at radius 2 is 1.56 bits per heavy atom. The zero-order valence-electron chi connectivity index (χ0n) is 26.5. The summed E-state index contributed by atoms with van der Waals surface area (Å²) >= 11 is 1.16. The molecule has 0 N–H and O–H groups in total. The van der Waals surface area contributed by atoms with E-state index >= 15 is 0 Å². The number of nitrogens with zero attached hydrogens (tertiary/aromatic N) is 3. The van der Waals surface area contributed by atoms with E-state index in [4.69, 9.17) is 14.5 Å². The third kappa shape index (κ3) is 6.01. The van der Waals surface area contributed by atoms with Crippen LogP contribution in [0.2, 0.25) is 0 Å². The molecule has 11 heteroatoms. The topological polar surface area (TPSA) is 130 Å². The standard InChI is InChI=1S/C39H27N3O7S/c1-2-48-38(45)33-34(25-12-5-3-6-13-25)40-39-41(35(33)26-14-7-4-8-15-26)36(43)32(50-39)23-30-29-16-10-9-11-24(29)19-22-31(30)49-37(44)27-17-20-28(21-18-27)42(46)47/h3-23,35H,2H2,1H3/b32-23-/t35-/m1/s1. The zero-order valence-corrected chi connectivity index (χ0v) is 27.3. The summed E-state index contributed by atoms with van der Waals surface area (Å²) in [7, 11) is 0. The van der Waals surface area contributed by atoms with E-state index in [1.807, 2.05) is 84.9 Å². The maximum Gasteiger partial charge on any atom is 0.343 e. The number of thiazole rings is 1. The Kier molecular flexibility index (Phi) is 8.72. The Labute approximate surface area is 288 Å². The monoisotopic (exact) mass is 681 g/mol. The minimum Gasteiger partial charge on any atom is -0.463 e. The molecule has 246 valence electrons. The number of nitro benzene ring substituents is 1. The van der Waals surface area contributed by atoms with Crippen molar-refractivity contribution in [2.45, 2.75) is 13.0 Å². The van der Waals surface area contributed by atoms with Crippen LogP contribution in [0.1, 0.15) is 40.0 Å². The van der Waals surface area contributed by atoms with Gasteiger partial charge >= 0.3 is 11.9 Å². The summed E-state index contributed by atoms with van der Waals surface area (Å²) < 4.78 is 13.2. The highest BCUT2D eigenvalue weighted by Crippen LogP contribution is 2.35. The molecule has 1 aromatic heterocycles. The molecule has 0 unspecified atom stereocenters. The number of rotatable bonds is 8. The largest absolute Gasteiger partial charge is 0.463 e. The number of nitro groups is 1. The van der Waals surface area contributed by atoms with Crippen molar-refractivity contribution in [2.75, 3.05) is 6.61 Å². The predicted molar refractivity (Wildman–Crippen MR) is 190 cm³/mol. The number of hydrogen-bond donors (Lipinski definition) is 0. The number of carbonyl (C=O) groups is 2. The maximum atomic E-state index is 14.5. The fourth-order valence-electron chi connectivity index (χ4n) is 5.91. The third-order valence-corrected chi connectivity index (χ3v) is 9.19. The number of benzene rings is 5. The molecule has 2 heterocycles. The van der Waals surface area contributed by atoms with Crippen LogP contribution in [0.5, 0.6) is 5.75 Å². The van der Waals surface area contributed by atoms with Crippen LogP contribution in [0.3, 0.4) is 0 Å². The lowest BCUT2D eigenvalue weighted by atomic mass is 9.93. The lowest BCUT2D eigenvalue weighted by Gasteiger charge is -2.25. The highest BCUT2D eigenvalue weighted by molar-refractivity contribution is 7.07. The highest BCUT2D eigenvalue weighted by Gasteiger charge is 2.35. The number of ether oxygens (including phenoxy) is 2. The maximum absolute atomic E-state index is 14.5. The van der Waals surface area contributed by atoms with Gasteiger partial charge in [0.05, 0.1) is 38.9 Å². The van der Waals surface area contributed by atoms with E-state index in [1.54, 1.807) is 25.1 Å². The van der Waals surface area contributed by atoms with Crippen molar-refractivity contribution in [3.8, 4) is 5.75 Å². The van der Waals surface area contributed by atoms with E-state index in [1.165, 1.54) is 28.8 Å². The van der Waals surface area contributed by atoms with E-state index in [0.29, 0.717) is 31.7 Å². The van der Waals surface area contributed by atoms with Crippen LogP contribution in [-0.4, -0.2) is 28.0 Å². The summed E-state index contributed by atoms with van der Waals surface area (Å²) in [5.41, 5.74) is 2.11. The van der Waals surface area contributed by atoms with Gasteiger partial charge in [-0.1, -0.05) is 102 Å². The van der Waals surface area contributed by atoms with Gasteiger partial charge in [0.15, 0.2) is 4.80 Å². The van der Waals surface area contributed by atoms with Crippen LogP contribution < -0.4 is 19.6 Å². The molecule has 7 rings (SSSR count).